The molecule has 0 radical (unpaired) electrons. The van der Waals surface area contributed by atoms with Gasteiger partial charge in [0.05, 0.1) is 0 Å². The molecular weight excluding hydrogens is 350 g/mol. The quantitative estimate of drug-likeness (QED) is 0.755. The first-order valence-electron chi connectivity index (χ1n) is 8.15. The van der Waals surface area contributed by atoms with Crippen LogP contribution in [0, 0.1) is 6.92 Å². The fraction of sp³-hybridized carbons (Fsp3) is 0.350. The van der Waals surface area contributed by atoms with Gasteiger partial charge < -0.3 is 4.90 Å². The molecule has 120 valence electrons. The predicted molar refractivity (Wildman–Crippen MR) is 97.5 cm³/mol. The van der Waals surface area contributed by atoms with Crippen LogP contribution in [0.15, 0.2) is 46.9 Å². The fourth-order valence-corrected chi connectivity index (χ4v) is 3.94. The highest BCUT2D eigenvalue weighted by Gasteiger charge is 2.23. The van der Waals surface area contributed by atoms with E-state index in [1.165, 1.54) is 22.3 Å². The van der Waals surface area contributed by atoms with Crippen molar-refractivity contribution in [3.8, 4) is 0 Å². The predicted octanol–water partition coefficient (Wildman–Crippen LogP) is 4.84. The first kappa shape index (κ1) is 16.3. The van der Waals surface area contributed by atoms with Gasteiger partial charge in [0.25, 0.3) is 0 Å². The van der Waals surface area contributed by atoms with E-state index in [0.717, 1.165) is 24.0 Å². The largest absolute Gasteiger partial charge is 0.338 e. The van der Waals surface area contributed by atoms with Gasteiger partial charge in [-0.2, -0.15) is 0 Å². The van der Waals surface area contributed by atoms with Crippen molar-refractivity contribution in [3.63, 3.8) is 0 Å². The molecule has 2 aromatic rings. The third-order valence-corrected chi connectivity index (χ3v) is 5.19. The van der Waals surface area contributed by atoms with Gasteiger partial charge in [0.2, 0.25) is 5.91 Å². The Kier molecular flexibility index (Phi) is 4.86. The third kappa shape index (κ3) is 3.66. The number of fused-ring (bicyclic) bond motifs is 1. The highest BCUT2D eigenvalue weighted by Crippen LogP contribution is 2.28. The van der Waals surface area contributed by atoms with Crippen LogP contribution in [0.25, 0.3) is 0 Å². The van der Waals surface area contributed by atoms with E-state index in [1.807, 2.05) is 23.1 Å². The molecule has 23 heavy (non-hydrogen) atoms. The molecule has 3 heteroatoms. The molecule has 2 nitrogen and oxygen atoms in total. The first-order valence-corrected chi connectivity index (χ1v) is 8.94. The second-order valence-corrected chi connectivity index (χ2v) is 7.36. The molecule has 3 rings (SSSR count). The van der Waals surface area contributed by atoms with Crippen molar-refractivity contribution >= 4 is 21.8 Å². The fourth-order valence-electron chi connectivity index (χ4n) is 3.32. The van der Waals surface area contributed by atoms with Crippen molar-refractivity contribution in [2.24, 2.45) is 0 Å². The summed E-state index contributed by atoms with van der Waals surface area (Å²) in [4.78, 5) is 14.7. The maximum atomic E-state index is 12.7. The Balaban J connectivity index is 1.70. The number of rotatable bonds is 3. The Morgan fingerprint density at radius 1 is 1.26 bits per heavy atom. The summed E-state index contributed by atoms with van der Waals surface area (Å²) in [7, 11) is 0. The van der Waals surface area contributed by atoms with Gasteiger partial charge in [-0.1, -0.05) is 53.2 Å². The summed E-state index contributed by atoms with van der Waals surface area (Å²) in [6.45, 7) is 5.83. The Morgan fingerprint density at radius 2 is 2.00 bits per heavy atom. The average Bonchev–Trinajstić information content (AvgIpc) is 2.55. The van der Waals surface area contributed by atoms with E-state index in [9.17, 15) is 4.79 Å². The molecule has 0 aromatic heterocycles. The molecule has 0 N–H and O–H groups in total. The second kappa shape index (κ2) is 6.88. The first-order chi connectivity index (χ1) is 11.0. The average molecular weight is 372 g/mol. The molecule has 1 aliphatic heterocycles. The van der Waals surface area contributed by atoms with Gasteiger partial charge in [-0.15, -0.1) is 0 Å². The van der Waals surface area contributed by atoms with Crippen LogP contribution >= 0.6 is 15.9 Å². The molecule has 0 aliphatic carbocycles. The zero-order valence-electron chi connectivity index (χ0n) is 13.7. The number of amides is 1. The number of aryl methyl sites for hydroxylation is 1. The molecule has 2 aromatic carbocycles. The summed E-state index contributed by atoms with van der Waals surface area (Å²) in [5.74, 6) is 0.519. The van der Waals surface area contributed by atoms with Crippen LogP contribution < -0.4 is 0 Å². The Bertz CT molecular complexity index is 711. The van der Waals surface area contributed by atoms with Crippen molar-refractivity contribution in [2.45, 2.75) is 39.2 Å². The highest BCUT2D eigenvalue weighted by atomic mass is 79.9. The van der Waals surface area contributed by atoms with Gasteiger partial charge in [0, 0.05) is 24.0 Å². The van der Waals surface area contributed by atoms with Crippen molar-refractivity contribution in [3.05, 3.63) is 69.2 Å². The minimum atomic E-state index is 0.259. The molecule has 1 unspecified atom stereocenters. The maximum Gasteiger partial charge on any atom is 0.223 e. The van der Waals surface area contributed by atoms with Crippen LogP contribution in [-0.4, -0.2) is 17.4 Å². The van der Waals surface area contributed by atoms with Crippen molar-refractivity contribution < 1.29 is 4.79 Å². The number of carbonyl (C=O) groups excluding carboxylic acids is 1. The van der Waals surface area contributed by atoms with Crippen LogP contribution in [-0.2, 0) is 17.8 Å². The highest BCUT2D eigenvalue weighted by molar-refractivity contribution is 9.10. The number of carbonyl (C=O) groups is 1. The summed E-state index contributed by atoms with van der Waals surface area (Å²) < 4.78 is 1.13. The number of hydrogen-bond acceptors (Lipinski definition) is 1. The molecule has 1 aliphatic rings. The topological polar surface area (TPSA) is 20.3 Å². The Hall–Kier alpha value is -1.61. The van der Waals surface area contributed by atoms with E-state index >= 15 is 0 Å². The van der Waals surface area contributed by atoms with E-state index in [2.05, 4.69) is 54.0 Å². The molecule has 1 heterocycles. The van der Waals surface area contributed by atoms with E-state index in [4.69, 9.17) is 0 Å². The van der Waals surface area contributed by atoms with Crippen molar-refractivity contribution in [1.82, 2.24) is 4.90 Å². The Labute approximate surface area is 146 Å². The summed E-state index contributed by atoms with van der Waals surface area (Å²) in [6, 6.07) is 14.6. The smallest absolute Gasteiger partial charge is 0.223 e. The zero-order chi connectivity index (χ0) is 16.4. The molecule has 0 spiro atoms. The summed E-state index contributed by atoms with van der Waals surface area (Å²) >= 11 is 3.56. The van der Waals surface area contributed by atoms with Crippen molar-refractivity contribution in [1.29, 1.82) is 0 Å². The minimum absolute atomic E-state index is 0.259. The summed E-state index contributed by atoms with van der Waals surface area (Å²) in [6.07, 6.45) is 1.52. The maximum absolute atomic E-state index is 12.7. The monoisotopic (exact) mass is 371 g/mol. The summed E-state index contributed by atoms with van der Waals surface area (Å²) in [5, 5.41) is 0. The third-order valence-electron chi connectivity index (χ3n) is 4.73. The van der Waals surface area contributed by atoms with Crippen LogP contribution in [0.2, 0.25) is 0 Å². The van der Waals surface area contributed by atoms with Gasteiger partial charge in [-0.25, -0.2) is 0 Å². The molecule has 1 amide bonds. The SMILES string of the molecule is Cc1cc(Br)cc2c1CN(C(=O)CC(C)c1ccccc1)CC2. The normalized spacial score (nSPS) is 15.2. The van der Waals surface area contributed by atoms with Crippen molar-refractivity contribution in [2.75, 3.05) is 6.54 Å². The van der Waals surface area contributed by atoms with E-state index in [1.54, 1.807) is 0 Å². The molecular formula is C20H22BrNO. The molecule has 0 saturated heterocycles. The van der Waals surface area contributed by atoms with Gasteiger partial charge in [-0.05, 0) is 53.6 Å². The van der Waals surface area contributed by atoms with Crippen LogP contribution in [0.5, 0.6) is 0 Å². The van der Waals surface area contributed by atoms with Crippen LogP contribution in [0.4, 0.5) is 0 Å². The number of benzene rings is 2. The van der Waals surface area contributed by atoms with Crippen LogP contribution in [0.1, 0.15) is 41.5 Å². The van der Waals surface area contributed by atoms with Gasteiger partial charge >= 0.3 is 0 Å². The zero-order valence-corrected chi connectivity index (χ0v) is 15.3. The molecule has 0 fully saturated rings. The van der Waals surface area contributed by atoms with E-state index in [-0.39, 0.29) is 11.8 Å². The number of hydrogen-bond donors (Lipinski definition) is 0. The van der Waals surface area contributed by atoms with Crippen LogP contribution in [0.3, 0.4) is 0 Å². The van der Waals surface area contributed by atoms with Gasteiger partial charge in [0.15, 0.2) is 0 Å². The molecule has 0 bridgehead atoms. The lowest BCUT2D eigenvalue weighted by Gasteiger charge is -2.31. The van der Waals surface area contributed by atoms with Gasteiger partial charge in [0.1, 0.15) is 0 Å². The molecule has 1 atom stereocenters. The minimum Gasteiger partial charge on any atom is -0.338 e. The number of nitrogens with zero attached hydrogens (tertiary/aromatic N) is 1. The molecule has 0 saturated carbocycles. The van der Waals surface area contributed by atoms with Gasteiger partial charge in [-0.3, -0.25) is 4.79 Å². The summed E-state index contributed by atoms with van der Waals surface area (Å²) in [5.41, 5.74) is 5.19. The lowest BCUT2D eigenvalue weighted by Crippen LogP contribution is -2.36. The number of halogens is 1. The van der Waals surface area contributed by atoms with E-state index in [0.29, 0.717) is 6.42 Å². The Morgan fingerprint density at radius 3 is 2.74 bits per heavy atom. The van der Waals surface area contributed by atoms with E-state index < -0.39 is 0 Å². The lowest BCUT2D eigenvalue weighted by molar-refractivity contribution is -0.132. The second-order valence-electron chi connectivity index (χ2n) is 6.44. The standard InChI is InChI=1S/C20H22BrNO/c1-14(16-6-4-3-5-7-16)11-20(23)22-9-8-17-12-18(21)10-15(2)19(17)13-22/h3-7,10,12,14H,8-9,11,13H2,1-2H3. The lowest BCUT2D eigenvalue weighted by atomic mass is 9.93.